The number of ether oxygens (including phenoxy) is 1. The van der Waals surface area contributed by atoms with E-state index in [4.69, 9.17) is 4.74 Å². The summed E-state index contributed by atoms with van der Waals surface area (Å²) in [5.74, 6) is -0.218. The van der Waals surface area contributed by atoms with Crippen LogP contribution in [0.15, 0.2) is 18.2 Å². The predicted octanol–water partition coefficient (Wildman–Crippen LogP) is 2.87. The molecule has 0 saturated heterocycles. The van der Waals surface area contributed by atoms with Gasteiger partial charge in [-0.3, -0.25) is 0 Å². The van der Waals surface area contributed by atoms with E-state index in [1.54, 1.807) is 12.1 Å². The first-order valence-electron chi connectivity index (χ1n) is 6.75. The van der Waals surface area contributed by atoms with E-state index in [2.05, 4.69) is 11.9 Å². The van der Waals surface area contributed by atoms with Gasteiger partial charge in [0.25, 0.3) is 0 Å². The van der Waals surface area contributed by atoms with Gasteiger partial charge < -0.3 is 14.8 Å². The summed E-state index contributed by atoms with van der Waals surface area (Å²) in [7, 11) is 0. The van der Waals surface area contributed by atoms with Crippen molar-refractivity contribution >= 4 is 10.9 Å². The maximum absolute atomic E-state index is 13.4. The van der Waals surface area contributed by atoms with Crippen molar-refractivity contribution in [3.8, 4) is 0 Å². The van der Waals surface area contributed by atoms with Crippen molar-refractivity contribution in [2.75, 3.05) is 13.2 Å². The number of aliphatic hydroxyl groups is 1. The molecule has 3 nitrogen and oxygen atoms in total. The molecule has 2 heterocycles. The summed E-state index contributed by atoms with van der Waals surface area (Å²) in [6, 6.07) is 4.81. The molecule has 102 valence electrons. The van der Waals surface area contributed by atoms with Crippen LogP contribution in [0.4, 0.5) is 4.39 Å². The molecule has 2 N–H and O–H groups in total. The molecule has 2 aromatic rings. The third-order valence-corrected chi connectivity index (χ3v) is 4.14. The Labute approximate surface area is 111 Å². The fourth-order valence-corrected chi connectivity index (χ4v) is 3.12. The van der Waals surface area contributed by atoms with Crippen LogP contribution in [0, 0.1) is 5.82 Å². The number of benzene rings is 1. The lowest BCUT2D eigenvalue weighted by molar-refractivity contribution is -0.0795. The van der Waals surface area contributed by atoms with Crippen molar-refractivity contribution in [2.45, 2.75) is 31.8 Å². The topological polar surface area (TPSA) is 45.2 Å². The first-order valence-corrected chi connectivity index (χ1v) is 6.75. The Balaban J connectivity index is 2.22. The number of fused-ring (bicyclic) bond motifs is 3. The van der Waals surface area contributed by atoms with Gasteiger partial charge in [-0.1, -0.05) is 6.92 Å². The van der Waals surface area contributed by atoms with Crippen LogP contribution in [0.5, 0.6) is 0 Å². The highest BCUT2D eigenvalue weighted by Crippen LogP contribution is 2.41. The van der Waals surface area contributed by atoms with Crippen molar-refractivity contribution < 1.29 is 14.2 Å². The number of H-pyrrole nitrogens is 1. The van der Waals surface area contributed by atoms with E-state index in [1.165, 1.54) is 6.07 Å². The summed E-state index contributed by atoms with van der Waals surface area (Å²) < 4.78 is 19.4. The normalized spacial score (nSPS) is 22.7. The molecule has 1 atom stereocenters. The van der Waals surface area contributed by atoms with Crippen LogP contribution >= 0.6 is 0 Å². The minimum absolute atomic E-state index is 0.0804. The van der Waals surface area contributed by atoms with Gasteiger partial charge in [-0.25, -0.2) is 4.39 Å². The number of hydrogen-bond donors (Lipinski definition) is 2. The lowest BCUT2D eigenvalue weighted by Crippen LogP contribution is -2.36. The maximum atomic E-state index is 13.4. The average Bonchev–Trinajstić information content (AvgIpc) is 2.78. The largest absolute Gasteiger partial charge is 0.396 e. The van der Waals surface area contributed by atoms with Gasteiger partial charge >= 0.3 is 0 Å². The Morgan fingerprint density at radius 1 is 1.47 bits per heavy atom. The second-order valence-corrected chi connectivity index (χ2v) is 5.09. The zero-order valence-electron chi connectivity index (χ0n) is 11.0. The quantitative estimate of drug-likeness (QED) is 0.894. The molecule has 0 spiro atoms. The summed E-state index contributed by atoms with van der Waals surface area (Å²) in [4.78, 5) is 3.37. The van der Waals surface area contributed by atoms with E-state index in [9.17, 15) is 9.50 Å². The number of rotatable bonds is 3. The molecule has 1 aliphatic rings. The molecule has 0 aliphatic carbocycles. The second-order valence-electron chi connectivity index (χ2n) is 5.09. The molecule has 3 rings (SSSR count). The molecule has 0 saturated carbocycles. The highest BCUT2D eigenvalue weighted by Gasteiger charge is 2.38. The molecule has 19 heavy (non-hydrogen) atoms. The number of hydrogen-bond acceptors (Lipinski definition) is 2. The van der Waals surface area contributed by atoms with Gasteiger partial charge in [-0.2, -0.15) is 0 Å². The van der Waals surface area contributed by atoms with Crippen LogP contribution in [0.2, 0.25) is 0 Å². The van der Waals surface area contributed by atoms with Gasteiger partial charge in [0.05, 0.1) is 12.3 Å². The second kappa shape index (κ2) is 4.62. The summed E-state index contributed by atoms with van der Waals surface area (Å²) >= 11 is 0. The Morgan fingerprint density at radius 3 is 3.05 bits per heavy atom. The molecule has 0 radical (unpaired) electrons. The molecule has 1 aliphatic heterocycles. The molecule has 0 bridgehead atoms. The van der Waals surface area contributed by atoms with Gasteiger partial charge in [-0.05, 0) is 36.6 Å². The minimum atomic E-state index is -0.460. The monoisotopic (exact) mass is 263 g/mol. The van der Waals surface area contributed by atoms with Crippen molar-refractivity contribution in [3.63, 3.8) is 0 Å². The smallest absolute Gasteiger partial charge is 0.123 e. The number of aromatic nitrogens is 1. The standard InChI is InChI=1S/C15H18FNO2/c1-2-15(6-7-18)14-11(5-8-19-15)12-9-10(16)3-4-13(12)17-14/h3-4,9,17-18H,2,5-8H2,1H3. The van der Waals surface area contributed by atoms with E-state index in [0.29, 0.717) is 13.0 Å². The Morgan fingerprint density at radius 2 is 2.32 bits per heavy atom. The van der Waals surface area contributed by atoms with Crippen LogP contribution in [-0.2, 0) is 16.8 Å². The third kappa shape index (κ3) is 1.86. The molecular weight excluding hydrogens is 245 g/mol. The lowest BCUT2D eigenvalue weighted by atomic mass is 9.86. The van der Waals surface area contributed by atoms with E-state index in [-0.39, 0.29) is 12.4 Å². The fourth-order valence-electron chi connectivity index (χ4n) is 3.12. The van der Waals surface area contributed by atoms with E-state index < -0.39 is 5.60 Å². The zero-order chi connectivity index (χ0) is 13.5. The molecule has 4 heteroatoms. The van der Waals surface area contributed by atoms with Crippen LogP contribution in [0.25, 0.3) is 10.9 Å². The Bertz CT molecular complexity index is 607. The molecule has 1 unspecified atom stereocenters. The maximum Gasteiger partial charge on any atom is 0.123 e. The van der Waals surface area contributed by atoms with Crippen LogP contribution in [0.3, 0.4) is 0 Å². The van der Waals surface area contributed by atoms with Crippen molar-refractivity contribution in [2.24, 2.45) is 0 Å². The van der Waals surface area contributed by atoms with Crippen molar-refractivity contribution in [3.05, 3.63) is 35.3 Å². The van der Waals surface area contributed by atoms with Crippen molar-refractivity contribution in [1.82, 2.24) is 4.98 Å². The highest BCUT2D eigenvalue weighted by atomic mass is 19.1. The van der Waals surface area contributed by atoms with Crippen LogP contribution < -0.4 is 0 Å². The lowest BCUT2D eigenvalue weighted by Gasteiger charge is -2.36. The Hall–Kier alpha value is -1.39. The third-order valence-electron chi connectivity index (χ3n) is 4.14. The number of halogens is 1. The molecule has 0 fully saturated rings. The zero-order valence-corrected chi connectivity index (χ0v) is 11.0. The van der Waals surface area contributed by atoms with E-state index in [1.807, 2.05) is 0 Å². The molecular formula is C15H18FNO2. The number of aromatic amines is 1. The first kappa shape index (κ1) is 12.6. The predicted molar refractivity (Wildman–Crippen MR) is 71.6 cm³/mol. The SMILES string of the molecule is CCC1(CCO)OCCc2c1[nH]c1ccc(F)cc21. The Kier molecular flexibility index (Phi) is 3.07. The van der Waals surface area contributed by atoms with Gasteiger partial charge in [0.15, 0.2) is 0 Å². The molecule has 1 aromatic carbocycles. The minimum Gasteiger partial charge on any atom is -0.396 e. The van der Waals surface area contributed by atoms with Crippen molar-refractivity contribution in [1.29, 1.82) is 0 Å². The van der Waals surface area contributed by atoms with Gasteiger partial charge in [0.1, 0.15) is 11.4 Å². The van der Waals surface area contributed by atoms with E-state index in [0.717, 1.165) is 35.0 Å². The number of aliphatic hydroxyl groups excluding tert-OH is 1. The van der Waals surface area contributed by atoms with Gasteiger partial charge in [-0.15, -0.1) is 0 Å². The summed E-state index contributed by atoms with van der Waals surface area (Å²) in [6.07, 6.45) is 2.13. The number of nitrogens with one attached hydrogen (secondary N) is 1. The highest BCUT2D eigenvalue weighted by molar-refractivity contribution is 5.85. The van der Waals surface area contributed by atoms with E-state index >= 15 is 0 Å². The van der Waals surface area contributed by atoms with Crippen LogP contribution in [-0.4, -0.2) is 23.3 Å². The van der Waals surface area contributed by atoms with Gasteiger partial charge in [0.2, 0.25) is 0 Å². The molecule has 0 amide bonds. The summed E-state index contributed by atoms with van der Waals surface area (Å²) in [5.41, 5.74) is 2.62. The molecule has 1 aromatic heterocycles. The van der Waals surface area contributed by atoms with Crippen LogP contribution in [0.1, 0.15) is 31.0 Å². The average molecular weight is 263 g/mol. The summed E-state index contributed by atoms with van der Waals surface area (Å²) in [5, 5.41) is 10.2. The fraction of sp³-hybridized carbons (Fsp3) is 0.467. The van der Waals surface area contributed by atoms with Gasteiger partial charge in [0, 0.05) is 23.9 Å². The first-order chi connectivity index (χ1) is 9.20. The summed E-state index contributed by atoms with van der Waals surface area (Å²) in [6.45, 7) is 2.75.